The molecule has 0 spiro atoms. The molecule has 0 saturated heterocycles. The molecule has 3 aromatic rings. The van der Waals surface area contributed by atoms with Crippen molar-refractivity contribution >= 4 is 11.0 Å². The number of aromatic nitrogens is 3. The van der Waals surface area contributed by atoms with E-state index >= 15 is 0 Å². The summed E-state index contributed by atoms with van der Waals surface area (Å²) >= 11 is 0. The Bertz CT molecular complexity index is 724. The van der Waals surface area contributed by atoms with Crippen LogP contribution in [0.2, 0.25) is 0 Å². The molecule has 4 nitrogen and oxygen atoms in total. The van der Waals surface area contributed by atoms with Crippen LogP contribution in [0.5, 0.6) is 5.88 Å². The maximum atomic E-state index is 13.1. The maximum Gasteiger partial charge on any atom is 0.240 e. The third kappa shape index (κ3) is 2.27. The first kappa shape index (κ1) is 11.6. The lowest BCUT2D eigenvalue weighted by atomic mass is 10.2. The highest BCUT2D eigenvalue weighted by atomic mass is 19.1. The van der Waals surface area contributed by atoms with Crippen LogP contribution >= 0.6 is 0 Å². The number of pyridine rings is 1. The van der Waals surface area contributed by atoms with Gasteiger partial charge in [0.05, 0.1) is 11.8 Å². The minimum atomic E-state index is -0.271. The molecule has 0 radical (unpaired) electrons. The fraction of sp³-hybridized carbons (Fsp3) is 0.143. The number of imidazole rings is 1. The fourth-order valence-corrected chi connectivity index (χ4v) is 1.95. The van der Waals surface area contributed by atoms with Gasteiger partial charge in [-0.25, -0.2) is 14.4 Å². The molecule has 0 N–H and O–H groups in total. The number of ether oxygens (including phenoxy) is 1. The third-order valence-electron chi connectivity index (χ3n) is 2.86. The Morgan fingerprint density at radius 2 is 2.16 bits per heavy atom. The van der Waals surface area contributed by atoms with Gasteiger partial charge in [-0.05, 0) is 23.8 Å². The fourth-order valence-electron chi connectivity index (χ4n) is 1.95. The van der Waals surface area contributed by atoms with Crippen molar-refractivity contribution in [3.8, 4) is 5.88 Å². The van der Waals surface area contributed by atoms with E-state index in [0.717, 1.165) is 16.6 Å². The Balaban J connectivity index is 1.88. The number of hydrogen-bond acceptors (Lipinski definition) is 3. The summed E-state index contributed by atoms with van der Waals surface area (Å²) in [5, 5.41) is 0. The van der Waals surface area contributed by atoms with Crippen LogP contribution in [0.1, 0.15) is 5.56 Å². The molecule has 0 atom stereocenters. The Kier molecular flexibility index (Phi) is 2.87. The summed E-state index contributed by atoms with van der Waals surface area (Å²) in [4.78, 5) is 8.43. The second kappa shape index (κ2) is 4.68. The van der Waals surface area contributed by atoms with Crippen LogP contribution in [0.15, 0.2) is 42.9 Å². The monoisotopic (exact) mass is 257 g/mol. The van der Waals surface area contributed by atoms with Crippen LogP contribution in [0.3, 0.4) is 0 Å². The Labute approximate surface area is 109 Å². The summed E-state index contributed by atoms with van der Waals surface area (Å²) in [6.45, 7) is 0.273. The molecular weight excluding hydrogens is 245 g/mol. The van der Waals surface area contributed by atoms with Crippen molar-refractivity contribution in [3.63, 3.8) is 0 Å². The minimum Gasteiger partial charge on any atom is -0.471 e. The Hall–Kier alpha value is -2.43. The topological polar surface area (TPSA) is 39.9 Å². The zero-order valence-corrected chi connectivity index (χ0v) is 10.4. The molecule has 96 valence electrons. The number of nitrogens with zero attached hydrogens (tertiary/aromatic N) is 3. The van der Waals surface area contributed by atoms with Crippen molar-refractivity contribution in [1.29, 1.82) is 0 Å². The SMILES string of the molecule is Cn1cnc2ccnc(OCc3cccc(F)c3)c21. The molecule has 0 aliphatic rings. The van der Waals surface area contributed by atoms with Crippen LogP contribution in [-0.4, -0.2) is 14.5 Å². The van der Waals surface area contributed by atoms with Gasteiger partial charge in [-0.2, -0.15) is 0 Å². The number of halogens is 1. The van der Waals surface area contributed by atoms with Crippen LogP contribution < -0.4 is 4.74 Å². The number of aryl methyl sites for hydroxylation is 1. The third-order valence-corrected chi connectivity index (χ3v) is 2.86. The normalized spacial score (nSPS) is 10.8. The lowest BCUT2D eigenvalue weighted by Crippen LogP contribution is -1.99. The van der Waals surface area contributed by atoms with Crippen LogP contribution in [0.4, 0.5) is 4.39 Å². The van der Waals surface area contributed by atoms with Gasteiger partial charge in [0.15, 0.2) is 0 Å². The van der Waals surface area contributed by atoms with E-state index in [0.29, 0.717) is 5.88 Å². The van der Waals surface area contributed by atoms with Crippen LogP contribution in [0.25, 0.3) is 11.0 Å². The van der Waals surface area contributed by atoms with Gasteiger partial charge in [-0.3, -0.25) is 0 Å². The van der Waals surface area contributed by atoms with Gasteiger partial charge >= 0.3 is 0 Å². The van der Waals surface area contributed by atoms with Gasteiger partial charge < -0.3 is 9.30 Å². The molecule has 2 aromatic heterocycles. The molecule has 3 rings (SSSR count). The van der Waals surface area contributed by atoms with Crippen molar-refractivity contribution in [2.24, 2.45) is 7.05 Å². The largest absolute Gasteiger partial charge is 0.471 e. The van der Waals surface area contributed by atoms with E-state index in [1.165, 1.54) is 12.1 Å². The number of fused-ring (bicyclic) bond motifs is 1. The summed E-state index contributed by atoms with van der Waals surface area (Å²) in [6, 6.07) is 8.15. The molecule has 0 unspecified atom stereocenters. The molecular formula is C14H12FN3O. The molecule has 1 aromatic carbocycles. The average molecular weight is 257 g/mol. The first-order valence-corrected chi connectivity index (χ1v) is 5.87. The zero-order chi connectivity index (χ0) is 13.2. The van der Waals surface area contributed by atoms with Gasteiger partial charge in [-0.15, -0.1) is 0 Å². The summed E-state index contributed by atoms with van der Waals surface area (Å²) in [5.74, 6) is 0.231. The van der Waals surface area contributed by atoms with Crippen molar-refractivity contribution in [2.75, 3.05) is 0 Å². The highest BCUT2D eigenvalue weighted by Gasteiger charge is 2.08. The maximum absolute atomic E-state index is 13.1. The van der Waals surface area contributed by atoms with Gasteiger partial charge in [0, 0.05) is 13.2 Å². The molecule has 0 aliphatic heterocycles. The van der Waals surface area contributed by atoms with E-state index in [-0.39, 0.29) is 12.4 Å². The second-order valence-corrected chi connectivity index (χ2v) is 4.26. The number of benzene rings is 1. The Morgan fingerprint density at radius 1 is 1.26 bits per heavy atom. The molecule has 2 heterocycles. The lowest BCUT2D eigenvalue weighted by Gasteiger charge is -2.07. The van der Waals surface area contributed by atoms with Gasteiger partial charge in [0.25, 0.3) is 0 Å². The molecule has 0 aliphatic carbocycles. The smallest absolute Gasteiger partial charge is 0.240 e. The lowest BCUT2D eigenvalue weighted by molar-refractivity contribution is 0.296. The predicted molar refractivity (Wildman–Crippen MR) is 69.2 cm³/mol. The van der Waals surface area contributed by atoms with Crippen LogP contribution in [-0.2, 0) is 13.7 Å². The van der Waals surface area contributed by atoms with E-state index in [9.17, 15) is 4.39 Å². The molecule has 0 amide bonds. The van der Waals surface area contributed by atoms with E-state index in [1.807, 2.05) is 23.7 Å². The standard InChI is InChI=1S/C14H12FN3O/c1-18-9-17-12-5-6-16-14(13(12)18)19-8-10-3-2-4-11(15)7-10/h2-7,9H,8H2,1H3. The van der Waals surface area contributed by atoms with E-state index < -0.39 is 0 Å². The average Bonchev–Trinajstić information content (AvgIpc) is 2.79. The van der Waals surface area contributed by atoms with E-state index in [4.69, 9.17) is 4.74 Å². The second-order valence-electron chi connectivity index (χ2n) is 4.26. The zero-order valence-electron chi connectivity index (χ0n) is 10.4. The molecule has 0 bridgehead atoms. The first-order valence-electron chi connectivity index (χ1n) is 5.87. The Morgan fingerprint density at radius 3 is 3.00 bits per heavy atom. The van der Waals surface area contributed by atoms with Gasteiger partial charge in [-0.1, -0.05) is 12.1 Å². The van der Waals surface area contributed by atoms with E-state index in [1.54, 1.807) is 18.6 Å². The molecule has 19 heavy (non-hydrogen) atoms. The quantitative estimate of drug-likeness (QED) is 0.724. The molecule has 0 saturated carbocycles. The highest BCUT2D eigenvalue weighted by molar-refractivity contribution is 5.79. The van der Waals surface area contributed by atoms with Gasteiger partial charge in [0.1, 0.15) is 17.9 Å². The van der Waals surface area contributed by atoms with E-state index in [2.05, 4.69) is 9.97 Å². The van der Waals surface area contributed by atoms with Crippen molar-refractivity contribution in [2.45, 2.75) is 6.61 Å². The summed E-state index contributed by atoms with van der Waals surface area (Å²) in [7, 11) is 1.88. The minimum absolute atomic E-state index is 0.271. The number of hydrogen-bond donors (Lipinski definition) is 0. The summed E-state index contributed by atoms with van der Waals surface area (Å²) in [5.41, 5.74) is 2.42. The first-order chi connectivity index (χ1) is 9.24. The van der Waals surface area contributed by atoms with Crippen molar-refractivity contribution in [3.05, 3.63) is 54.2 Å². The summed E-state index contributed by atoms with van der Waals surface area (Å²) < 4.78 is 20.6. The van der Waals surface area contributed by atoms with Crippen molar-refractivity contribution in [1.82, 2.24) is 14.5 Å². The number of rotatable bonds is 3. The molecule has 5 heteroatoms. The van der Waals surface area contributed by atoms with Gasteiger partial charge in [0.2, 0.25) is 5.88 Å². The predicted octanol–water partition coefficient (Wildman–Crippen LogP) is 2.69. The molecule has 0 fully saturated rings. The van der Waals surface area contributed by atoms with Crippen molar-refractivity contribution < 1.29 is 9.13 Å². The highest BCUT2D eigenvalue weighted by Crippen LogP contribution is 2.22. The van der Waals surface area contributed by atoms with Crippen LogP contribution in [0, 0.1) is 5.82 Å². The summed E-state index contributed by atoms with van der Waals surface area (Å²) in [6.07, 6.45) is 3.36.